The Bertz CT molecular complexity index is 300. The van der Waals surface area contributed by atoms with Crippen LogP contribution in [0.1, 0.15) is 58.3 Å². The maximum atomic E-state index is 3.94. The van der Waals surface area contributed by atoms with E-state index in [0.717, 1.165) is 23.9 Å². The van der Waals surface area contributed by atoms with Gasteiger partial charge < -0.3 is 5.32 Å². The molecule has 21 heavy (non-hydrogen) atoms. The summed E-state index contributed by atoms with van der Waals surface area (Å²) in [7, 11) is 0. The SMILES string of the molecule is CCSCCCN1CC(C2CCCCC2)NCC1C1CC1. The highest BCUT2D eigenvalue weighted by atomic mass is 32.2. The summed E-state index contributed by atoms with van der Waals surface area (Å²) in [4.78, 5) is 2.88. The van der Waals surface area contributed by atoms with Crippen LogP contribution in [-0.2, 0) is 0 Å². The molecule has 3 rings (SSSR count). The first-order chi connectivity index (χ1) is 10.4. The fraction of sp³-hybridized carbons (Fsp3) is 1.00. The van der Waals surface area contributed by atoms with Crippen molar-refractivity contribution in [3.8, 4) is 0 Å². The van der Waals surface area contributed by atoms with Crippen LogP contribution in [0.2, 0.25) is 0 Å². The van der Waals surface area contributed by atoms with Crippen molar-refractivity contribution in [2.75, 3.05) is 31.1 Å². The van der Waals surface area contributed by atoms with Gasteiger partial charge in [-0.05, 0) is 62.0 Å². The normalized spacial score (nSPS) is 32.4. The van der Waals surface area contributed by atoms with Crippen LogP contribution in [-0.4, -0.2) is 48.1 Å². The first-order valence-electron chi connectivity index (χ1n) is 9.43. The minimum absolute atomic E-state index is 0.791. The molecule has 1 aliphatic heterocycles. The van der Waals surface area contributed by atoms with E-state index in [1.54, 1.807) is 0 Å². The molecule has 0 amide bonds. The fourth-order valence-electron chi connectivity index (χ4n) is 4.42. The molecule has 0 aromatic heterocycles. The average Bonchev–Trinajstić information content (AvgIpc) is 3.37. The molecule has 2 saturated carbocycles. The van der Waals surface area contributed by atoms with E-state index in [1.807, 2.05) is 0 Å². The molecule has 0 spiro atoms. The van der Waals surface area contributed by atoms with E-state index in [-0.39, 0.29) is 0 Å². The second-order valence-corrected chi connectivity index (χ2v) is 8.76. The van der Waals surface area contributed by atoms with Crippen molar-refractivity contribution in [2.24, 2.45) is 11.8 Å². The van der Waals surface area contributed by atoms with E-state index in [4.69, 9.17) is 0 Å². The van der Waals surface area contributed by atoms with Gasteiger partial charge in [0, 0.05) is 25.2 Å². The van der Waals surface area contributed by atoms with Gasteiger partial charge in [-0.2, -0.15) is 11.8 Å². The molecule has 2 aliphatic carbocycles. The maximum Gasteiger partial charge on any atom is 0.0249 e. The van der Waals surface area contributed by atoms with Crippen molar-refractivity contribution < 1.29 is 0 Å². The Morgan fingerprint density at radius 3 is 2.57 bits per heavy atom. The molecule has 0 aromatic rings. The number of thioether (sulfide) groups is 1. The molecule has 3 heteroatoms. The van der Waals surface area contributed by atoms with Crippen LogP contribution in [0.5, 0.6) is 0 Å². The molecule has 1 saturated heterocycles. The Morgan fingerprint density at radius 1 is 1.05 bits per heavy atom. The number of hydrogen-bond donors (Lipinski definition) is 1. The van der Waals surface area contributed by atoms with E-state index in [9.17, 15) is 0 Å². The zero-order valence-corrected chi connectivity index (χ0v) is 14.7. The predicted molar refractivity (Wildman–Crippen MR) is 94.1 cm³/mol. The zero-order valence-electron chi connectivity index (χ0n) is 13.9. The van der Waals surface area contributed by atoms with Crippen molar-refractivity contribution in [3.05, 3.63) is 0 Å². The lowest BCUT2D eigenvalue weighted by Gasteiger charge is -2.44. The van der Waals surface area contributed by atoms with E-state index in [0.29, 0.717) is 0 Å². The van der Waals surface area contributed by atoms with Gasteiger partial charge in [-0.15, -0.1) is 0 Å². The molecule has 0 bridgehead atoms. The average molecular weight is 311 g/mol. The van der Waals surface area contributed by atoms with Crippen LogP contribution in [0.4, 0.5) is 0 Å². The summed E-state index contributed by atoms with van der Waals surface area (Å²) in [6.07, 6.45) is 11.7. The summed E-state index contributed by atoms with van der Waals surface area (Å²) in [5.74, 6) is 4.61. The molecule has 3 fully saturated rings. The van der Waals surface area contributed by atoms with Gasteiger partial charge in [-0.3, -0.25) is 4.90 Å². The molecule has 1 heterocycles. The lowest BCUT2D eigenvalue weighted by Crippen LogP contribution is -2.59. The van der Waals surface area contributed by atoms with Gasteiger partial charge in [0.05, 0.1) is 0 Å². The summed E-state index contributed by atoms with van der Waals surface area (Å²) in [6.45, 7) is 6.23. The van der Waals surface area contributed by atoms with Gasteiger partial charge in [0.25, 0.3) is 0 Å². The van der Waals surface area contributed by atoms with Gasteiger partial charge >= 0.3 is 0 Å². The van der Waals surface area contributed by atoms with E-state index in [1.165, 1.54) is 82.5 Å². The summed E-state index contributed by atoms with van der Waals surface area (Å²) in [6, 6.07) is 1.65. The van der Waals surface area contributed by atoms with E-state index < -0.39 is 0 Å². The number of nitrogens with one attached hydrogen (secondary N) is 1. The third kappa shape index (κ3) is 4.62. The molecule has 2 atom stereocenters. The molecule has 122 valence electrons. The van der Waals surface area contributed by atoms with Gasteiger partial charge in [0.1, 0.15) is 0 Å². The fourth-order valence-corrected chi connectivity index (χ4v) is 5.04. The number of rotatable bonds is 7. The smallest absolute Gasteiger partial charge is 0.0249 e. The van der Waals surface area contributed by atoms with Crippen molar-refractivity contribution in [1.29, 1.82) is 0 Å². The monoisotopic (exact) mass is 310 g/mol. The second kappa shape index (κ2) is 8.21. The molecular weight excluding hydrogens is 276 g/mol. The topological polar surface area (TPSA) is 15.3 Å². The van der Waals surface area contributed by atoms with Crippen LogP contribution in [0.15, 0.2) is 0 Å². The standard InChI is InChI=1S/C18H34N2S/c1-2-21-12-6-11-20-14-17(15-7-4-3-5-8-15)19-13-18(20)16-9-10-16/h15-19H,2-14H2,1H3. The van der Waals surface area contributed by atoms with Crippen molar-refractivity contribution in [3.63, 3.8) is 0 Å². The van der Waals surface area contributed by atoms with Gasteiger partial charge in [-0.25, -0.2) is 0 Å². The van der Waals surface area contributed by atoms with Crippen molar-refractivity contribution in [1.82, 2.24) is 10.2 Å². The van der Waals surface area contributed by atoms with Crippen LogP contribution in [0.3, 0.4) is 0 Å². The second-order valence-electron chi connectivity index (χ2n) is 7.36. The molecule has 0 aromatic carbocycles. The van der Waals surface area contributed by atoms with Crippen LogP contribution in [0, 0.1) is 11.8 Å². The lowest BCUT2D eigenvalue weighted by molar-refractivity contribution is 0.0850. The minimum atomic E-state index is 0.791. The highest BCUT2D eigenvalue weighted by Gasteiger charge is 2.40. The molecule has 1 N–H and O–H groups in total. The first kappa shape index (κ1) is 16.1. The largest absolute Gasteiger partial charge is 0.311 e. The van der Waals surface area contributed by atoms with Gasteiger partial charge in [0.2, 0.25) is 0 Å². The Hall–Kier alpha value is 0.270. The van der Waals surface area contributed by atoms with Crippen LogP contribution in [0.25, 0.3) is 0 Å². The molecule has 2 nitrogen and oxygen atoms in total. The zero-order chi connectivity index (χ0) is 14.5. The maximum absolute atomic E-state index is 3.94. The Kier molecular flexibility index (Phi) is 6.31. The van der Waals surface area contributed by atoms with Gasteiger partial charge in [0.15, 0.2) is 0 Å². The molecule has 0 radical (unpaired) electrons. The Morgan fingerprint density at radius 2 is 1.86 bits per heavy atom. The lowest BCUT2D eigenvalue weighted by atomic mass is 9.82. The highest BCUT2D eigenvalue weighted by Crippen LogP contribution is 2.37. The third-order valence-corrected chi connectivity index (χ3v) is 6.80. The summed E-state index contributed by atoms with van der Waals surface area (Å²) in [5, 5.41) is 3.94. The van der Waals surface area contributed by atoms with Crippen LogP contribution < -0.4 is 5.32 Å². The number of nitrogens with zero attached hydrogens (tertiary/aromatic N) is 1. The predicted octanol–water partition coefficient (Wildman–Crippen LogP) is 3.76. The molecule has 3 aliphatic rings. The van der Waals surface area contributed by atoms with E-state index >= 15 is 0 Å². The Labute approximate surface area is 135 Å². The van der Waals surface area contributed by atoms with E-state index in [2.05, 4.69) is 28.9 Å². The Balaban J connectivity index is 1.50. The van der Waals surface area contributed by atoms with Crippen LogP contribution >= 0.6 is 11.8 Å². The summed E-state index contributed by atoms with van der Waals surface area (Å²) in [5.41, 5.74) is 0. The minimum Gasteiger partial charge on any atom is -0.311 e. The summed E-state index contributed by atoms with van der Waals surface area (Å²) >= 11 is 2.11. The highest BCUT2D eigenvalue weighted by molar-refractivity contribution is 7.99. The quantitative estimate of drug-likeness (QED) is 0.721. The number of hydrogen-bond acceptors (Lipinski definition) is 3. The first-order valence-corrected chi connectivity index (χ1v) is 10.6. The van der Waals surface area contributed by atoms with Gasteiger partial charge in [-0.1, -0.05) is 26.2 Å². The molecular formula is C18H34N2S. The van der Waals surface area contributed by atoms with Crippen molar-refractivity contribution in [2.45, 2.75) is 70.4 Å². The van der Waals surface area contributed by atoms with Crippen molar-refractivity contribution >= 4 is 11.8 Å². The molecule has 2 unspecified atom stereocenters. The number of piperazine rings is 1. The summed E-state index contributed by atoms with van der Waals surface area (Å²) < 4.78 is 0. The third-order valence-electron chi connectivity index (χ3n) is 5.81.